The molecule has 120 valence electrons. The molecule has 0 aromatic heterocycles. The Morgan fingerprint density at radius 1 is 1.04 bits per heavy atom. The Morgan fingerprint density at radius 2 is 1.70 bits per heavy atom. The molecule has 6 heteroatoms. The molecular weight excluding hydrogens is 316 g/mol. The van der Waals surface area contributed by atoms with E-state index in [1.807, 2.05) is 30.3 Å². The number of aliphatic carboxylic acids is 1. The van der Waals surface area contributed by atoms with Gasteiger partial charge in [-0.1, -0.05) is 41.9 Å². The average molecular weight is 333 g/mol. The van der Waals surface area contributed by atoms with E-state index in [2.05, 4.69) is 10.6 Å². The summed E-state index contributed by atoms with van der Waals surface area (Å²) in [5.74, 6) is -1.44. The fourth-order valence-electron chi connectivity index (χ4n) is 2.03. The van der Waals surface area contributed by atoms with Crippen LogP contribution in [0.3, 0.4) is 0 Å². The topological polar surface area (TPSA) is 78.4 Å². The van der Waals surface area contributed by atoms with Crippen LogP contribution in [0.5, 0.6) is 0 Å². The van der Waals surface area contributed by atoms with Gasteiger partial charge in [-0.15, -0.1) is 0 Å². The molecule has 0 bridgehead atoms. The molecular formula is C17H17ClN2O3. The maximum Gasteiger partial charge on any atom is 0.305 e. The molecule has 1 amide bonds. The summed E-state index contributed by atoms with van der Waals surface area (Å²) in [7, 11) is 0. The summed E-state index contributed by atoms with van der Waals surface area (Å²) in [6.07, 6.45) is -0.299. The second-order valence-electron chi connectivity index (χ2n) is 5.01. The van der Waals surface area contributed by atoms with Crippen LogP contribution in [-0.4, -0.2) is 23.0 Å². The van der Waals surface area contributed by atoms with Crippen LogP contribution in [0.25, 0.3) is 0 Å². The van der Waals surface area contributed by atoms with Crippen molar-refractivity contribution in [1.82, 2.24) is 5.32 Å². The Kier molecular flexibility index (Phi) is 6.14. The van der Waals surface area contributed by atoms with Gasteiger partial charge in [0.25, 0.3) is 0 Å². The van der Waals surface area contributed by atoms with Crippen LogP contribution in [0.15, 0.2) is 54.6 Å². The minimum absolute atomic E-state index is 0.299. The van der Waals surface area contributed by atoms with Gasteiger partial charge in [0.2, 0.25) is 5.91 Å². The van der Waals surface area contributed by atoms with Gasteiger partial charge in [0.15, 0.2) is 0 Å². The first-order chi connectivity index (χ1) is 11.0. The van der Waals surface area contributed by atoms with E-state index in [4.69, 9.17) is 16.7 Å². The SMILES string of the molecule is O=C(O)C[C@H](NCc1ccccc1)C(=O)Nc1ccc(Cl)cc1. The lowest BCUT2D eigenvalue weighted by atomic mass is 10.1. The van der Waals surface area contributed by atoms with Crippen molar-refractivity contribution in [1.29, 1.82) is 0 Å². The summed E-state index contributed by atoms with van der Waals surface area (Å²) >= 11 is 5.79. The number of nitrogens with one attached hydrogen (secondary N) is 2. The monoisotopic (exact) mass is 332 g/mol. The van der Waals surface area contributed by atoms with Crippen molar-refractivity contribution in [3.05, 3.63) is 65.2 Å². The van der Waals surface area contributed by atoms with Gasteiger partial charge < -0.3 is 15.7 Å². The number of carboxylic acid groups (broad SMARTS) is 1. The van der Waals surface area contributed by atoms with Crippen LogP contribution < -0.4 is 10.6 Å². The van der Waals surface area contributed by atoms with Crippen molar-refractivity contribution in [2.45, 2.75) is 19.0 Å². The molecule has 0 aliphatic heterocycles. The Morgan fingerprint density at radius 3 is 2.30 bits per heavy atom. The van der Waals surface area contributed by atoms with Crippen molar-refractivity contribution >= 4 is 29.2 Å². The van der Waals surface area contributed by atoms with Crippen molar-refractivity contribution < 1.29 is 14.7 Å². The number of hydrogen-bond acceptors (Lipinski definition) is 3. The predicted molar refractivity (Wildman–Crippen MR) is 89.4 cm³/mol. The third-order valence-electron chi connectivity index (χ3n) is 3.20. The third-order valence-corrected chi connectivity index (χ3v) is 3.45. The minimum atomic E-state index is -1.04. The average Bonchev–Trinajstić information content (AvgIpc) is 2.54. The van der Waals surface area contributed by atoms with Crippen molar-refractivity contribution in [3.8, 4) is 0 Å². The van der Waals surface area contributed by atoms with E-state index in [0.717, 1.165) is 5.56 Å². The van der Waals surface area contributed by atoms with Crippen molar-refractivity contribution in [2.75, 3.05) is 5.32 Å². The fraction of sp³-hybridized carbons (Fsp3) is 0.176. The van der Waals surface area contributed by atoms with Crippen LogP contribution in [0.2, 0.25) is 5.02 Å². The van der Waals surface area contributed by atoms with Gasteiger partial charge in [0, 0.05) is 17.3 Å². The fourth-order valence-corrected chi connectivity index (χ4v) is 2.16. The molecule has 2 aromatic carbocycles. The molecule has 0 aliphatic rings. The molecule has 0 spiro atoms. The number of amides is 1. The van der Waals surface area contributed by atoms with Gasteiger partial charge in [-0.3, -0.25) is 9.59 Å². The summed E-state index contributed by atoms with van der Waals surface area (Å²) in [6.45, 7) is 0.410. The Hall–Kier alpha value is -2.37. The molecule has 3 N–H and O–H groups in total. The maximum atomic E-state index is 12.3. The van der Waals surface area contributed by atoms with E-state index in [0.29, 0.717) is 17.3 Å². The Labute approximate surface area is 139 Å². The Bertz CT molecular complexity index is 659. The van der Waals surface area contributed by atoms with Crippen LogP contribution in [0.1, 0.15) is 12.0 Å². The summed E-state index contributed by atoms with van der Waals surface area (Å²) < 4.78 is 0. The second kappa shape index (κ2) is 8.31. The van der Waals surface area contributed by atoms with Crippen LogP contribution in [-0.2, 0) is 16.1 Å². The molecule has 0 radical (unpaired) electrons. The summed E-state index contributed by atoms with van der Waals surface area (Å²) in [5.41, 5.74) is 1.54. The quantitative estimate of drug-likeness (QED) is 0.728. The number of benzene rings is 2. The van der Waals surface area contributed by atoms with E-state index >= 15 is 0 Å². The van der Waals surface area contributed by atoms with E-state index in [-0.39, 0.29) is 6.42 Å². The molecule has 23 heavy (non-hydrogen) atoms. The molecule has 0 unspecified atom stereocenters. The van der Waals surface area contributed by atoms with Gasteiger partial charge in [-0.05, 0) is 29.8 Å². The molecule has 1 atom stereocenters. The highest BCUT2D eigenvalue weighted by molar-refractivity contribution is 6.30. The molecule has 0 fully saturated rings. The number of halogens is 1. The zero-order chi connectivity index (χ0) is 16.7. The predicted octanol–water partition coefficient (Wildman–Crippen LogP) is 2.91. The van der Waals surface area contributed by atoms with Crippen LogP contribution in [0, 0.1) is 0 Å². The number of hydrogen-bond donors (Lipinski definition) is 3. The number of carboxylic acids is 1. The zero-order valence-corrected chi connectivity index (χ0v) is 13.1. The van der Waals surface area contributed by atoms with Crippen LogP contribution >= 0.6 is 11.6 Å². The largest absolute Gasteiger partial charge is 0.481 e. The lowest BCUT2D eigenvalue weighted by Gasteiger charge is -2.17. The lowest BCUT2D eigenvalue weighted by Crippen LogP contribution is -2.41. The zero-order valence-electron chi connectivity index (χ0n) is 12.3. The highest BCUT2D eigenvalue weighted by Gasteiger charge is 2.21. The maximum absolute atomic E-state index is 12.3. The number of carbonyl (C=O) groups excluding carboxylic acids is 1. The lowest BCUT2D eigenvalue weighted by molar-refractivity contribution is -0.139. The molecule has 0 heterocycles. The number of anilines is 1. The van der Waals surface area contributed by atoms with Gasteiger partial charge in [-0.2, -0.15) is 0 Å². The van der Waals surface area contributed by atoms with E-state index in [1.54, 1.807) is 24.3 Å². The van der Waals surface area contributed by atoms with E-state index in [9.17, 15) is 9.59 Å². The van der Waals surface area contributed by atoms with Gasteiger partial charge in [-0.25, -0.2) is 0 Å². The smallest absolute Gasteiger partial charge is 0.305 e. The molecule has 5 nitrogen and oxygen atoms in total. The van der Waals surface area contributed by atoms with Gasteiger partial charge in [0.05, 0.1) is 12.5 Å². The van der Waals surface area contributed by atoms with Gasteiger partial charge in [0.1, 0.15) is 0 Å². The third kappa shape index (κ3) is 5.73. The first-order valence-electron chi connectivity index (χ1n) is 7.10. The highest BCUT2D eigenvalue weighted by Crippen LogP contribution is 2.14. The molecule has 0 saturated heterocycles. The highest BCUT2D eigenvalue weighted by atomic mass is 35.5. The molecule has 2 aromatic rings. The van der Waals surface area contributed by atoms with Crippen molar-refractivity contribution in [3.63, 3.8) is 0 Å². The van der Waals surface area contributed by atoms with E-state index < -0.39 is 17.9 Å². The number of rotatable bonds is 7. The summed E-state index contributed by atoms with van der Waals surface area (Å²) in [6, 6.07) is 15.3. The normalized spacial score (nSPS) is 11.7. The second-order valence-corrected chi connectivity index (χ2v) is 5.45. The molecule has 0 aliphatic carbocycles. The summed E-state index contributed by atoms with van der Waals surface area (Å²) in [4.78, 5) is 23.3. The van der Waals surface area contributed by atoms with Crippen molar-refractivity contribution in [2.24, 2.45) is 0 Å². The first-order valence-corrected chi connectivity index (χ1v) is 7.48. The minimum Gasteiger partial charge on any atom is -0.481 e. The van der Waals surface area contributed by atoms with E-state index in [1.165, 1.54) is 0 Å². The van der Waals surface area contributed by atoms with Crippen LogP contribution in [0.4, 0.5) is 5.69 Å². The standard InChI is InChI=1S/C17H17ClN2O3/c18-13-6-8-14(9-7-13)20-17(23)15(10-16(21)22)19-11-12-4-2-1-3-5-12/h1-9,15,19H,10-11H2,(H,20,23)(H,21,22)/t15-/m0/s1. The molecule has 0 saturated carbocycles. The molecule has 2 rings (SSSR count). The first kappa shape index (κ1) is 17.0. The van der Waals surface area contributed by atoms with Gasteiger partial charge >= 0.3 is 5.97 Å². The Balaban J connectivity index is 2.00. The summed E-state index contributed by atoms with van der Waals surface area (Å²) in [5, 5.41) is 15.2. The number of carbonyl (C=O) groups is 2.